The van der Waals surface area contributed by atoms with Gasteiger partial charge in [-0.2, -0.15) is 5.10 Å². The number of aromatic nitrogens is 2. The summed E-state index contributed by atoms with van der Waals surface area (Å²) in [5, 5.41) is 7.49. The molecule has 1 aliphatic rings. The average Bonchev–Trinajstić information content (AvgIpc) is 3.11. The first kappa shape index (κ1) is 16.7. The van der Waals surface area contributed by atoms with Crippen LogP contribution in [-0.2, 0) is 17.7 Å². The van der Waals surface area contributed by atoms with Crippen molar-refractivity contribution in [2.45, 2.75) is 38.8 Å². The van der Waals surface area contributed by atoms with E-state index >= 15 is 0 Å². The molecule has 0 aliphatic carbocycles. The van der Waals surface area contributed by atoms with Gasteiger partial charge in [0.2, 0.25) is 0 Å². The molecule has 0 bridgehead atoms. The number of rotatable bonds is 6. The van der Waals surface area contributed by atoms with Crippen LogP contribution in [0.1, 0.15) is 35.8 Å². The summed E-state index contributed by atoms with van der Waals surface area (Å²) in [5.41, 5.74) is 1.76. The van der Waals surface area contributed by atoms with Gasteiger partial charge in [0, 0.05) is 32.0 Å². The predicted octanol–water partition coefficient (Wildman–Crippen LogP) is 2.67. The summed E-state index contributed by atoms with van der Waals surface area (Å²) in [5.74, 6) is 0.398. The Balaban J connectivity index is 1.51. The third-order valence-electron chi connectivity index (χ3n) is 4.68. The normalized spacial score (nSPS) is 16.7. The summed E-state index contributed by atoms with van der Waals surface area (Å²) >= 11 is 0. The van der Waals surface area contributed by atoms with Crippen LogP contribution in [0.3, 0.4) is 0 Å². The number of benzene rings is 1. The third-order valence-corrected chi connectivity index (χ3v) is 4.68. The fourth-order valence-corrected chi connectivity index (χ4v) is 3.11. The molecule has 1 N–H and O–H groups in total. The minimum absolute atomic E-state index is 0.0903. The summed E-state index contributed by atoms with van der Waals surface area (Å²) in [6.45, 7) is 4.42. The molecule has 1 aromatic carbocycles. The van der Waals surface area contributed by atoms with E-state index in [0.717, 1.165) is 39.0 Å². The van der Waals surface area contributed by atoms with Crippen molar-refractivity contribution in [1.29, 1.82) is 0 Å². The second-order valence-electron chi connectivity index (χ2n) is 6.41. The van der Waals surface area contributed by atoms with Crippen molar-refractivity contribution in [3.05, 3.63) is 53.9 Å². The number of carbonyl (C=O) groups excluding carboxylic acids is 1. The van der Waals surface area contributed by atoms with Gasteiger partial charge < -0.3 is 10.1 Å². The van der Waals surface area contributed by atoms with Crippen molar-refractivity contribution in [2.24, 2.45) is 5.92 Å². The summed E-state index contributed by atoms with van der Waals surface area (Å²) < 4.78 is 7.21. The summed E-state index contributed by atoms with van der Waals surface area (Å²) in [7, 11) is 0. The van der Waals surface area contributed by atoms with Crippen molar-refractivity contribution in [3.63, 3.8) is 0 Å². The van der Waals surface area contributed by atoms with Gasteiger partial charge in [-0.3, -0.25) is 9.48 Å². The topological polar surface area (TPSA) is 56.2 Å². The Labute approximate surface area is 143 Å². The zero-order chi connectivity index (χ0) is 16.8. The molecule has 24 heavy (non-hydrogen) atoms. The Morgan fingerprint density at radius 1 is 1.29 bits per heavy atom. The summed E-state index contributed by atoms with van der Waals surface area (Å²) in [6, 6.07) is 12.2. The van der Waals surface area contributed by atoms with E-state index < -0.39 is 0 Å². The largest absolute Gasteiger partial charge is 0.381 e. The SMILES string of the molecule is CC(NC(=O)c1ccn(CCc2ccccc2)n1)C1CCOCC1. The van der Waals surface area contributed by atoms with E-state index in [1.807, 2.05) is 29.1 Å². The van der Waals surface area contributed by atoms with Crippen LogP contribution < -0.4 is 5.32 Å². The Morgan fingerprint density at radius 3 is 2.79 bits per heavy atom. The second-order valence-corrected chi connectivity index (χ2v) is 6.41. The van der Waals surface area contributed by atoms with E-state index in [0.29, 0.717) is 11.6 Å². The van der Waals surface area contributed by atoms with Crippen LogP contribution in [0.4, 0.5) is 0 Å². The zero-order valence-corrected chi connectivity index (χ0v) is 14.1. The van der Waals surface area contributed by atoms with E-state index in [4.69, 9.17) is 4.74 Å². The van der Waals surface area contributed by atoms with Gasteiger partial charge >= 0.3 is 0 Å². The Kier molecular flexibility index (Phi) is 5.64. The molecule has 128 valence electrons. The van der Waals surface area contributed by atoms with Crippen LogP contribution >= 0.6 is 0 Å². The fourth-order valence-electron chi connectivity index (χ4n) is 3.11. The van der Waals surface area contributed by atoms with Crippen molar-refractivity contribution in [3.8, 4) is 0 Å². The standard InChI is InChI=1S/C19H25N3O2/c1-15(17-9-13-24-14-10-17)20-19(23)18-8-12-22(21-18)11-7-16-5-3-2-4-6-16/h2-6,8,12,15,17H,7,9-11,13-14H2,1H3,(H,20,23). The van der Waals surface area contributed by atoms with E-state index in [2.05, 4.69) is 29.5 Å². The molecule has 1 fully saturated rings. The molecular formula is C19H25N3O2. The van der Waals surface area contributed by atoms with Crippen LogP contribution in [0, 0.1) is 5.92 Å². The highest BCUT2D eigenvalue weighted by Gasteiger charge is 2.22. The van der Waals surface area contributed by atoms with Gasteiger partial charge in [-0.25, -0.2) is 0 Å². The molecule has 1 unspecified atom stereocenters. The van der Waals surface area contributed by atoms with Gasteiger partial charge in [-0.15, -0.1) is 0 Å². The van der Waals surface area contributed by atoms with Crippen LogP contribution in [-0.4, -0.2) is 34.9 Å². The van der Waals surface area contributed by atoms with Gasteiger partial charge in [0.1, 0.15) is 5.69 Å². The third kappa shape index (κ3) is 4.45. The lowest BCUT2D eigenvalue weighted by Gasteiger charge is -2.28. The molecule has 2 aromatic rings. The first-order chi connectivity index (χ1) is 11.7. The van der Waals surface area contributed by atoms with Gasteiger partial charge in [0.05, 0.1) is 0 Å². The number of nitrogens with one attached hydrogen (secondary N) is 1. The number of amides is 1. The molecule has 1 aromatic heterocycles. The second kappa shape index (κ2) is 8.11. The van der Waals surface area contributed by atoms with Gasteiger partial charge in [-0.05, 0) is 43.7 Å². The van der Waals surface area contributed by atoms with E-state index in [1.54, 1.807) is 6.07 Å². The number of hydrogen-bond acceptors (Lipinski definition) is 3. The zero-order valence-electron chi connectivity index (χ0n) is 14.1. The quantitative estimate of drug-likeness (QED) is 0.887. The molecule has 0 radical (unpaired) electrons. The lowest BCUT2D eigenvalue weighted by molar-refractivity contribution is 0.0537. The van der Waals surface area contributed by atoms with E-state index in [-0.39, 0.29) is 11.9 Å². The van der Waals surface area contributed by atoms with Crippen LogP contribution in [0.5, 0.6) is 0 Å². The van der Waals surface area contributed by atoms with Crippen LogP contribution in [0.25, 0.3) is 0 Å². The molecule has 1 aliphatic heterocycles. The highest BCUT2D eigenvalue weighted by atomic mass is 16.5. The Morgan fingerprint density at radius 2 is 2.04 bits per heavy atom. The van der Waals surface area contributed by atoms with Crippen LogP contribution in [0.2, 0.25) is 0 Å². The number of carbonyl (C=O) groups is 1. The summed E-state index contributed by atoms with van der Waals surface area (Å²) in [6.07, 6.45) is 4.79. The lowest BCUT2D eigenvalue weighted by atomic mass is 9.93. The average molecular weight is 327 g/mol. The van der Waals surface area contributed by atoms with Gasteiger partial charge in [0.15, 0.2) is 0 Å². The van der Waals surface area contributed by atoms with Crippen molar-refractivity contribution >= 4 is 5.91 Å². The molecule has 0 spiro atoms. The first-order valence-corrected chi connectivity index (χ1v) is 8.68. The fraction of sp³-hybridized carbons (Fsp3) is 0.474. The van der Waals surface area contributed by atoms with Gasteiger partial charge in [-0.1, -0.05) is 30.3 Å². The van der Waals surface area contributed by atoms with E-state index in [1.165, 1.54) is 5.56 Å². The van der Waals surface area contributed by atoms with E-state index in [9.17, 15) is 4.79 Å². The maximum atomic E-state index is 12.4. The molecule has 2 heterocycles. The van der Waals surface area contributed by atoms with Crippen molar-refractivity contribution in [1.82, 2.24) is 15.1 Å². The molecule has 1 amide bonds. The van der Waals surface area contributed by atoms with Crippen molar-refractivity contribution < 1.29 is 9.53 Å². The maximum Gasteiger partial charge on any atom is 0.271 e. The van der Waals surface area contributed by atoms with Crippen molar-refractivity contribution in [2.75, 3.05) is 13.2 Å². The molecule has 5 nitrogen and oxygen atoms in total. The Bertz CT molecular complexity index is 648. The minimum atomic E-state index is -0.0903. The number of aryl methyl sites for hydroxylation is 2. The predicted molar refractivity (Wildman–Crippen MR) is 92.8 cm³/mol. The first-order valence-electron chi connectivity index (χ1n) is 8.68. The lowest BCUT2D eigenvalue weighted by Crippen LogP contribution is -2.40. The maximum absolute atomic E-state index is 12.4. The molecule has 3 rings (SSSR count). The molecule has 0 saturated carbocycles. The monoisotopic (exact) mass is 327 g/mol. The number of hydrogen-bond donors (Lipinski definition) is 1. The minimum Gasteiger partial charge on any atom is -0.381 e. The highest BCUT2D eigenvalue weighted by Crippen LogP contribution is 2.18. The Hall–Kier alpha value is -2.14. The molecule has 1 atom stereocenters. The number of nitrogens with zero attached hydrogens (tertiary/aromatic N) is 2. The highest BCUT2D eigenvalue weighted by molar-refractivity contribution is 5.92. The smallest absolute Gasteiger partial charge is 0.271 e. The summed E-state index contributed by atoms with van der Waals surface area (Å²) in [4.78, 5) is 12.4. The molecular weight excluding hydrogens is 302 g/mol. The number of ether oxygens (including phenoxy) is 1. The van der Waals surface area contributed by atoms with Crippen LogP contribution in [0.15, 0.2) is 42.6 Å². The molecule has 5 heteroatoms. The molecule has 1 saturated heterocycles. The van der Waals surface area contributed by atoms with Gasteiger partial charge in [0.25, 0.3) is 5.91 Å².